The number of hydrogen-bond acceptors (Lipinski definition) is 3. The van der Waals surface area contributed by atoms with Crippen molar-refractivity contribution in [1.29, 1.82) is 0 Å². The Morgan fingerprint density at radius 1 is 1.03 bits per heavy atom. The average molecular weight is 510 g/mol. The minimum absolute atomic E-state index is 0.0299. The van der Waals surface area contributed by atoms with E-state index in [4.69, 9.17) is 0 Å². The molecule has 0 unspecified atom stereocenters. The minimum Gasteiger partial charge on any atom is -0.406 e. The Labute approximate surface area is 214 Å². The number of rotatable bonds is 6. The van der Waals surface area contributed by atoms with Crippen LogP contribution in [-0.4, -0.2) is 29.9 Å². The highest BCUT2D eigenvalue weighted by Gasteiger charge is 2.52. The summed E-state index contributed by atoms with van der Waals surface area (Å²) in [5.41, 5.74) is 5.61. The number of carbonyl (C=O) groups excluding carboxylic acids is 1. The van der Waals surface area contributed by atoms with Crippen molar-refractivity contribution in [3.8, 4) is 5.75 Å². The molecule has 0 atom stereocenters. The van der Waals surface area contributed by atoms with Gasteiger partial charge in [-0.25, -0.2) is 0 Å². The number of nitrogens with zero attached hydrogens (tertiary/aromatic N) is 2. The third-order valence-corrected chi connectivity index (χ3v) is 8.08. The van der Waals surface area contributed by atoms with Crippen molar-refractivity contribution < 1.29 is 22.7 Å². The summed E-state index contributed by atoms with van der Waals surface area (Å²) in [6.45, 7) is 3.48. The largest absolute Gasteiger partial charge is 0.573 e. The summed E-state index contributed by atoms with van der Waals surface area (Å²) in [6.07, 6.45) is 2.81. The fraction of sp³-hybridized carbons (Fsp3) is 0.414. The molecule has 3 aromatic rings. The first-order valence-corrected chi connectivity index (χ1v) is 12.9. The van der Waals surface area contributed by atoms with E-state index in [1.165, 1.54) is 36.4 Å². The van der Waals surface area contributed by atoms with E-state index < -0.39 is 6.36 Å². The second kappa shape index (κ2) is 9.15. The number of halogens is 3. The van der Waals surface area contributed by atoms with Crippen molar-refractivity contribution in [2.24, 2.45) is 5.41 Å². The molecular weight excluding hydrogens is 479 g/mol. The van der Waals surface area contributed by atoms with E-state index in [1.807, 2.05) is 12.3 Å². The molecule has 8 heteroatoms. The maximum atomic E-state index is 12.6. The van der Waals surface area contributed by atoms with E-state index in [0.717, 1.165) is 55.6 Å². The molecule has 0 radical (unpaired) electrons. The van der Waals surface area contributed by atoms with Crippen LogP contribution in [-0.2, 0) is 19.5 Å². The van der Waals surface area contributed by atoms with Crippen molar-refractivity contribution in [2.75, 3.05) is 18.0 Å². The summed E-state index contributed by atoms with van der Waals surface area (Å²) in [7, 11) is 0. The second-order valence-electron chi connectivity index (χ2n) is 10.8. The summed E-state index contributed by atoms with van der Waals surface area (Å²) >= 11 is 0. The average Bonchev–Trinajstić information content (AvgIpc) is 3.26. The first kappa shape index (κ1) is 23.9. The van der Waals surface area contributed by atoms with Crippen molar-refractivity contribution >= 4 is 11.6 Å². The molecule has 1 spiro atoms. The number of anilines is 1. The van der Waals surface area contributed by atoms with Gasteiger partial charge in [-0.2, -0.15) is 0 Å². The molecule has 1 aliphatic carbocycles. The zero-order valence-corrected chi connectivity index (χ0v) is 20.6. The molecule has 0 bridgehead atoms. The molecule has 37 heavy (non-hydrogen) atoms. The van der Waals surface area contributed by atoms with Gasteiger partial charge in [0.15, 0.2) is 0 Å². The molecule has 3 aliphatic rings. The Morgan fingerprint density at radius 3 is 2.43 bits per heavy atom. The van der Waals surface area contributed by atoms with Crippen molar-refractivity contribution in [3.63, 3.8) is 0 Å². The molecule has 1 saturated carbocycles. The maximum Gasteiger partial charge on any atom is 0.573 e. The lowest BCUT2D eigenvalue weighted by Gasteiger charge is -2.60. The zero-order valence-electron chi connectivity index (χ0n) is 20.6. The molecule has 6 rings (SSSR count). The van der Waals surface area contributed by atoms with Crippen molar-refractivity contribution in [3.05, 3.63) is 83.2 Å². The predicted octanol–water partition coefficient (Wildman–Crippen LogP) is 6.04. The Morgan fingerprint density at radius 2 is 1.76 bits per heavy atom. The van der Waals surface area contributed by atoms with Crippen LogP contribution in [0.15, 0.2) is 60.8 Å². The van der Waals surface area contributed by atoms with E-state index >= 15 is 0 Å². The third-order valence-electron chi connectivity index (χ3n) is 8.08. The van der Waals surface area contributed by atoms with Crippen LogP contribution in [0.1, 0.15) is 58.8 Å². The molecule has 2 aromatic carbocycles. The van der Waals surface area contributed by atoms with Gasteiger partial charge in [-0.3, -0.25) is 4.79 Å². The van der Waals surface area contributed by atoms with Crippen LogP contribution in [0.2, 0.25) is 0 Å². The lowest BCUT2D eigenvalue weighted by atomic mass is 9.56. The van der Waals surface area contributed by atoms with Crippen LogP contribution in [0, 0.1) is 5.41 Å². The van der Waals surface area contributed by atoms with E-state index in [1.54, 1.807) is 12.1 Å². The zero-order chi connectivity index (χ0) is 25.6. The molecular formula is C29H30F3N3O2. The fourth-order valence-electron chi connectivity index (χ4n) is 6.16. The van der Waals surface area contributed by atoms with E-state index in [2.05, 4.69) is 43.8 Å². The predicted molar refractivity (Wildman–Crippen MR) is 135 cm³/mol. The highest BCUT2D eigenvalue weighted by molar-refractivity contribution is 5.94. The van der Waals surface area contributed by atoms with Gasteiger partial charge in [0, 0.05) is 49.2 Å². The number of amides is 1. The standard InChI is InChI=1S/C29H30F3N3O2/c30-29(31,32)37-26-10-6-21(7-11-26)23-14-28(15-23)18-35(19-28)24-8-4-20(5-9-24)16-33-27(36)22-13-25-3-1-2-12-34(25)17-22/h4-11,13,17,23H,1-3,12,14-16,18-19H2,(H,33,36). The van der Waals surface area contributed by atoms with E-state index in [-0.39, 0.29) is 11.7 Å². The minimum atomic E-state index is -4.66. The molecule has 1 amide bonds. The summed E-state index contributed by atoms with van der Waals surface area (Å²) in [4.78, 5) is 15.0. The Kier molecular flexibility index (Phi) is 5.92. The Hall–Kier alpha value is -3.42. The summed E-state index contributed by atoms with van der Waals surface area (Å²) < 4.78 is 43.2. The van der Waals surface area contributed by atoms with Gasteiger partial charge < -0.3 is 19.5 Å². The molecule has 1 saturated heterocycles. The second-order valence-corrected chi connectivity index (χ2v) is 10.8. The van der Waals surface area contributed by atoms with Crippen LogP contribution >= 0.6 is 0 Å². The van der Waals surface area contributed by atoms with Crippen LogP contribution in [0.4, 0.5) is 18.9 Å². The third kappa shape index (κ3) is 5.06. The molecule has 5 nitrogen and oxygen atoms in total. The van der Waals surface area contributed by atoms with Crippen molar-refractivity contribution in [1.82, 2.24) is 9.88 Å². The first-order chi connectivity index (χ1) is 17.8. The van der Waals surface area contributed by atoms with Crippen LogP contribution in [0.25, 0.3) is 0 Å². The maximum absolute atomic E-state index is 12.6. The molecule has 2 fully saturated rings. The fourth-order valence-corrected chi connectivity index (χ4v) is 6.16. The van der Waals surface area contributed by atoms with Gasteiger partial charge in [-0.1, -0.05) is 24.3 Å². The SMILES string of the molecule is O=C(NCc1ccc(N2CC3(CC(c4ccc(OC(F)(F)F)cc4)C3)C2)cc1)c1cc2n(c1)CCCC2. The first-order valence-electron chi connectivity index (χ1n) is 12.9. The Balaban J connectivity index is 0.965. The van der Waals surface area contributed by atoms with Crippen LogP contribution in [0.3, 0.4) is 0 Å². The van der Waals surface area contributed by atoms with E-state index in [9.17, 15) is 18.0 Å². The van der Waals surface area contributed by atoms with Gasteiger partial charge in [0.05, 0.1) is 5.56 Å². The topological polar surface area (TPSA) is 46.5 Å². The Bertz CT molecular complexity index is 1240. The number of carbonyl (C=O) groups is 1. The monoisotopic (exact) mass is 509 g/mol. The van der Waals surface area contributed by atoms with Crippen LogP contribution in [0.5, 0.6) is 5.75 Å². The number of aryl methyl sites for hydroxylation is 2. The number of hydrogen-bond donors (Lipinski definition) is 1. The highest BCUT2D eigenvalue weighted by Crippen LogP contribution is 2.56. The number of aromatic nitrogens is 1. The smallest absolute Gasteiger partial charge is 0.406 e. The van der Waals surface area contributed by atoms with Gasteiger partial charge in [-0.05, 0) is 79.5 Å². The number of benzene rings is 2. The molecule has 1 aromatic heterocycles. The number of nitrogens with one attached hydrogen (secondary N) is 1. The van der Waals surface area contributed by atoms with Gasteiger partial charge in [-0.15, -0.1) is 13.2 Å². The quantitative estimate of drug-likeness (QED) is 0.441. The number of ether oxygens (including phenoxy) is 1. The lowest BCUT2D eigenvalue weighted by Crippen LogP contribution is -2.61. The van der Waals surface area contributed by atoms with Gasteiger partial charge in [0.1, 0.15) is 5.75 Å². The normalized spacial score (nSPS) is 18.6. The van der Waals surface area contributed by atoms with Crippen LogP contribution < -0.4 is 15.0 Å². The highest BCUT2D eigenvalue weighted by atomic mass is 19.4. The number of fused-ring (bicyclic) bond motifs is 1. The lowest BCUT2D eigenvalue weighted by molar-refractivity contribution is -0.274. The molecule has 2 aliphatic heterocycles. The van der Waals surface area contributed by atoms with Gasteiger partial charge >= 0.3 is 6.36 Å². The number of alkyl halides is 3. The summed E-state index contributed by atoms with van der Waals surface area (Å²) in [5.74, 6) is 0.184. The summed E-state index contributed by atoms with van der Waals surface area (Å²) in [6, 6.07) is 16.7. The summed E-state index contributed by atoms with van der Waals surface area (Å²) in [5, 5.41) is 3.04. The van der Waals surface area contributed by atoms with Gasteiger partial charge in [0.2, 0.25) is 0 Å². The van der Waals surface area contributed by atoms with Gasteiger partial charge in [0.25, 0.3) is 5.91 Å². The van der Waals surface area contributed by atoms with E-state index in [0.29, 0.717) is 17.9 Å². The molecule has 3 heterocycles. The van der Waals surface area contributed by atoms with Crippen molar-refractivity contribution in [2.45, 2.75) is 57.5 Å². The molecule has 194 valence electrons. The molecule has 1 N–H and O–H groups in total.